The molecule has 1 aromatic heterocycles. The summed E-state index contributed by atoms with van der Waals surface area (Å²) in [6.07, 6.45) is -3.29. The number of aromatic nitrogens is 2. The highest BCUT2D eigenvalue weighted by Gasteiger charge is 2.31. The molecule has 0 fully saturated rings. The summed E-state index contributed by atoms with van der Waals surface area (Å²) in [6.45, 7) is 0. The van der Waals surface area contributed by atoms with Gasteiger partial charge in [-0.15, -0.1) is 0 Å². The molecule has 0 aliphatic carbocycles. The van der Waals surface area contributed by atoms with Crippen LogP contribution < -0.4 is 10.1 Å². The minimum Gasteiger partial charge on any atom is -0.493 e. The van der Waals surface area contributed by atoms with Crippen LogP contribution in [-0.2, 0) is 16.2 Å². The maximum Gasteiger partial charge on any atom is 0.416 e. The minimum absolute atomic E-state index is 0.00661. The lowest BCUT2D eigenvalue weighted by Crippen LogP contribution is -2.24. The average Bonchev–Trinajstić information content (AvgIpc) is 3.18. The van der Waals surface area contributed by atoms with Gasteiger partial charge in [0.15, 0.2) is 11.4 Å². The number of halogens is 3. The molecule has 0 radical (unpaired) electrons. The summed E-state index contributed by atoms with van der Waals surface area (Å²) >= 11 is 0. The van der Waals surface area contributed by atoms with Crippen LogP contribution in [0, 0.1) is 0 Å². The SMILES string of the molecule is COc1cn(-c2cccc(C(F)(F)F)c2)nc1C(=O)Nc1ccccc1S(=O)(=O)N(C)C. The molecule has 0 saturated carbocycles. The van der Waals surface area contributed by atoms with Gasteiger partial charge in [0, 0.05) is 14.1 Å². The molecule has 8 nitrogen and oxygen atoms in total. The molecule has 1 heterocycles. The molecule has 0 bridgehead atoms. The number of alkyl halides is 3. The normalized spacial score (nSPS) is 12.1. The number of benzene rings is 2. The molecule has 32 heavy (non-hydrogen) atoms. The van der Waals surface area contributed by atoms with Crippen molar-refractivity contribution in [2.75, 3.05) is 26.5 Å². The molecule has 1 N–H and O–H groups in total. The van der Waals surface area contributed by atoms with Crippen LogP contribution in [0.5, 0.6) is 5.75 Å². The van der Waals surface area contributed by atoms with Crippen LogP contribution in [0.15, 0.2) is 59.6 Å². The monoisotopic (exact) mass is 468 g/mol. The Bertz CT molecular complexity index is 1250. The van der Waals surface area contributed by atoms with E-state index in [9.17, 15) is 26.4 Å². The van der Waals surface area contributed by atoms with Crippen molar-refractivity contribution in [1.82, 2.24) is 14.1 Å². The molecule has 0 spiro atoms. The maximum absolute atomic E-state index is 13.0. The van der Waals surface area contributed by atoms with E-state index in [4.69, 9.17) is 4.74 Å². The molecule has 12 heteroatoms. The first-order chi connectivity index (χ1) is 14.9. The Morgan fingerprint density at radius 1 is 1.12 bits per heavy atom. The quantitative estimate of drug-likeness (QED) is 0.599. The van der Waals surface area contributed by atoms with Crippen molar-refractivity contribution in [2.24, 2.45) is 0 Å². The molecular formula is C20H19F3N4O4S. The van der Waals surface area contributed by atoms with Gasteiger partial charge in [-0.05, 0) is 30.3 Å². The summed E-state index contributed by atoms with van der Waals surface area (Å²) in [5.74, 6) is -0.804. The third kappa shape index (κ3) is 4.60. The van der Waals surface area contributed by atoms with Crippen LogP contribution in [-0.4, -0.2) is 49.6 Å². The molecule has 3 rings (SSSR count). The van der Waals surface area contributed by atoms with E-state index in [1.165, 1.54) is 57.7 Å². The Morgan fingerprint density at radius 2 is 1.81 bits per heavy atom. The number of nitrogens with one attached hydrogen (secondary N) is 1. The van der Waals surface area contributed by atoms with Crippen LogP contribution in [0.2, 0.25) is 0 Å². The molecule has 2 aromatic carbocycles. The van der Waals surface area contributed by atoms with Gasteiger partial charge in [-0.1, -0.05) is 18.2 Å². The summed E-state index contributed by atoms with van der Waals surface area (Å²) in [5, 5.41) is 6.53. The van der Waals surface area contributed by atoms with Crippen molar-refractivity contribution in [1.29, 1.82) is 0 Å². The number of para-hydroxylation sites is 1. The van der Waals surface area contributed by atoms with Gasteiger partial charge in [0.25, 0.3) is 5.91 Å². The van der Waals surface area contributed by atoms with Crippen molar-refractivity contribution in [3.05, 3.63) is 66.0 Å². The average molecular weight is 468 g/mol. The number of anilines is 1. The number of methoxy groups -OCH3 is 1. The predicted molar refractivity (Wildman–Crippen MR) is 110 cm³/mol. The van der Waals surface area contributed by atoms with Crippen LogP contribution in [0.25, 0.3) is 5.69 Å². The zero-order valence-electron chi connectivity index (χ0n) is 17.2. The standard InChI is InChI=1S/C20H19F3N4O4S/c1-26(2)32(29,30)17-10-5-4-9-15(17)24-19(28)18-16(31-3)12-27(25-18)14-8-6-7-13(11-14)20(21,22)23/h4-12H,1-3H3,(H,24,28). The van der Waals surface area contributed by atoms with Crippen LogP contribution in [0.1, 0.15) is 16.1 Å². The largest absolute Gasteiger partial charge is 0.493 e. The zero-order valence-corrected chi connectivity index (χ0v) is 18.0. The molecule has 3 aromatic rings. The predicted octanol–water partition coefficient (Wildman–Crippen LogP) is 3.40. The molecule has 170 valence electrons. The fraction of sp³-hybridized carbons (Fsp3) is 0.200. The van der Waals surface area contributed by atoms with Crippen molar-refractivity contribution in [3.8, 4) is 11.4 Å². The maximum atomic E-state index is 13.0. The first-order valence-corrected chi connectivity index (χ1v) is 10.5. The second-order valence-electron chi connectivity index (χ2n) is 6.78. The number of carbonyl (C=O) groups is 1. The van der Waals surface area contributed by atoms with Gasteiger partial charge < -0.3 is 10.1 Å². The summed E-state index contributed by atoms with van der Waals surface area (Å²) < 4.78 is 71.4. The number of ether oxygens (including phenoxy) is 1. The summed E-state index contributed by atoms with van der Waals surface area (Å²) in [4.78, 5) is 12.7. The van der Waals surface area contributed by atoms with Gasteiger partial charge in [0.2, 0.25) is 10.0 Å². The second-order valence-corrected chi connectivity index (χ2v) is 8.90. The van der Waals surface area contributed by atoms with Crippen LogP contribution in [0.3, 0.4) is 0 Å². The highest BCUT2D eigenvalue weighted by Crippen LogP contribution is 2.31. The van der Waals surface area contributed by atoms with E-state index in [1.807, 2.05) is 0 Å². The van der Waals surface area contributed by atoms with Gasteiger partial charge in [0.1, 0.15) is 4.90 Å². The number of rotatable bonds is 6. The molecular weight excluding hydrogens is 449 g/mol. The fourth-order valence-electron chi connectivity index (χ4n) is 2.79. The number of hydrogen-bond donors (Lipinski definition) is 1. The minimum atomic E-state index is -4.55. The number of nitrogens with zero attached hydrogens (tertiary/aromatic N) is 3. The lowest BCUT2D eigenvalue weighted by molar-refractivity contribution is -0.137. The molecule has 0 atom stereocenters. The van der Waals surface area contributed by atoms with Gasteiger partial charge in [-0.3, -0.25) is 4.79 Å². The Balaban J connectivity index is 1.98. The van der Waals surface area contributed by atoms with E-state index in [1.54, 1.807) is 6.07 Å². The Labute approximate surface area is 182 Å². The van der Waals surface area contributed by atoms with E-state index in [0.29, 0.717) is 0 Å². The highest BCUT2D eigenvalue weighted by atomic mass is 32.2. The third-order valence-electron chi connectivity index (χ3n) is 4.45. The molecule has 0 saturated heterocycles. The van der Waals surface area contributed by atoms with E-state index >= 15 is 0 Å². The Kier molecular flexibility index (Phi) is 6.28. The summed E-state index contributed by atoms with van der Waals surface area (Å²) in [5.41, 5.74) is -1.03. The summed E-state index contributed by atoms with van der Waals surface area (Å²) in [6, 6.07) is 10.2. The van der Waals surface area contributed by atoms with Crippen molar-refractivity contribution in [2.45, 2.75) is 11.1 Å². The first kappa shape index (κ1) is 23.3. The van der Waals surface area contributed by atoms with Gasteiger partial charge >= 0.3 is 6.18 Å². The Morgan fingerprint density at radius 3 is 2.44 bits per heavy atom. The van der Waals surface area contributed by atoms with E-state index in [0.717, 1.165) is 21.1 Å². The highest BCUT2D eigenvalue weighted by molar-refractivity contribution is 7.89. The van der Waals surface area contributed by atoms with Gasteiger partial charge in [-0.25, -0.2) is 17.4 Å². The number of amides is 1. The zero-order chi connectivity index (χ0) is 23.7. The second kappa shape index (κ2) is 8.63. The van der Waals surface area contributed by atoms with Crippen LogP contribution >= 0.6 is 0 Å². The molecule has 0 aliphatic heterocycles. The van der Waals surface area contributed by atoms with Crippen molar-refractivity contribution in [3.63, 3.8) is 0 Å². The van der Waals surface area contributed by atoms with Crippen LogP contribution in [0.4, 0.5) is 18.9 Å². The van der Waals surface area contributed by atoms with E-state index < -0.39 is 27.7 Å². The lowest BCUT2D eigenvalue weighted by Gasteiger charge is -2.15. The molecule has 1 amide bonds. The number of sulfonamides is 1. The van der Waals surface area contributed by atoms with E-state index in [2.05, 4.69) is 10.4 Å². The summed E-state index contributed by atoms with van der Waals surface area (Å²) in [7, 11) is 0.130. The lowest BCUT2D eigenvalue weighted by atomic mass is 10.2. The smallest absolute Gasteiger partial charge is 0.416 e. The van der Waals surface area contributed by atoms with E-state index in [-0.39, 0.29) is 27.7 Å². The van der Waals surface area contributed by atoms with Gasteiger partial charge in [-0.2, -0.15) is 18.3 Å². The molecule has 0 unspecified atom stereocenters. The topological polar surface area (TPSA) is 93.5 Å². The fourth-order valence-corrected chi connectivity index (χ4v) is 3.84. The van der Waals surface area contributed by atoms with Gasteiger partial charge in [0.05, 0.1) is 30.2 Å². The third-order valence-corrected chi connectivity index (χ3v) is 6.32. The van der Waals surface area contributed by atoms with Crippen molar-refractivity contribution >= 4 is 21.6 Å². The molecule has 0 aliphatic rings. The van der Waals surface area contributed by atoms with Crippen molar-refractivity contribution < 1.29 is 31.1 Å². The Hall–Kier alpha value is -3.38. The first-order valence-electron chi connectivity index (χ1n) is 9.09. The number of carbonyl (C=O) groups excluding carboxylic acids is 1. The number of hydrogen-bond acceptors (Lipinski definition) is 5.